The lowest BCUT2D eigenvalue weighted by Crippen LogP contribution is -2.32. The van der Waals surface area contributed by atoms with Crippen LogP contribution in [-0.2, 0) is 53.4 Å². The van der Waals surface area contributed by atoms with Crippen molar-refractivity contribution in [3.63, 3.8) is 0 Å². The highest BCUT2D eigenvalue weighted by Gasteiger charge is 2.18. The number of hydrogen-bond acceptors (Lipinski definition) is 4. The van der Waals surface area contributed by atoms with Crippen LogP contribution < -0.4 is 11.1 Å². The molecule has 6 aromatic carbocycles. The second-order valence-corrected chi connectivity index (χ2v) is 22.7. The number of aromatic amines is 3. The van der Waals surface area contributed by atoms with E-state index in [9.17, 15) is 9.59 Å². The molecule has 0 saturated carbocycles. The molecule has 0 aliphatic heterocycles. The van der Waals surface area contributed by atoms with E-state index in [1.54, 1.807) is 0 Å². The van der Waals surface area contributed by atoms with Crippen molar-refractivity contribution in [3.05, 3.63) is 214 Å². The average molecular weight is 1010 g/mol. The molecule has 0 aliphatic rings. The van der Waals surface area contributed by atoms with Gasteiger partial charge in [-0.1, -0.05) is 197 Å². The summed E-state index contributed by atoms with van der Waals surface area (Å²) in [6, 6.07) is 50.5. The molecule has 0 atom stereocenters. The summed E-state index contributed by atoms with van der Waals surface area (Å²) in [5.41, 5.74) is 20.8. The first-order valence-corrected chi connectivity index (χ1v) is 27.0. The molecule has 8 heteroatoms. The van der Waals surface area contributed by atoms with E-state index in [1.807, 2.05) is 47.5 Å². The highest BCUT2D eigenvalue weighted by molar-refractivity contribution is 5.84. The van der Waals surface area contributed by atoms with Gasteiger partial charge in [-0.05, 0) is 118 Å². The number of nitrogens with one attached hydrogen (secondary N) is 4. The molecule has 75 heavy (non-hydrogen) atoms. The molecule has 0 bridgehead atoms. The molecule has 9 rings (SSSR count). The Morgan fingerprint density at radius 1 is 0.533 bits per heavy atom. The summed E-state index contributed by atoms with van der Waals surface area (Å²) in [5, 5.41) is 7.43. The number of H-pyrrole nitrogens is 3. The van der Waals surface area contributed by atoms with Crippen LogP contribution in [0.15, 0.2) is 164 Å². The number of para-hydroxylation sites is 3. The normalized spacial score (nSPS) is 11.6. The van der Waals surface area contributed by atoms with Crippen molar-refractivity contribution in [2.24, 2.45) is 5.73 Å². The molecule has 0 aliphatic carbocycles. The van der Waals surface area contributed by atoms with Crippen LogP contribution in [-0.4, -0.2) is 51.7 Å². The van der Waals surface area contributed by atoms with Crippen molar-refractivity contribution < 1.29 is 9.59 Å². The Hall–Kier alpha value is -7.00. The molecule has 0 fully saturated rings. The summed E-state index contributed by atoms with van der Waals surface area (Å²) in [7, 11) is 0. The van der Waals surface area contributed by atoms with E-state index in [4.69, 9.17) is 5.73 Å². The first-order valence-electron chi connectivity index (χ1n) is 27.0. The Morgan fingerprint density at radius 3 is 1.35 bits per heavy atom. The molecule has 0 spiro atoms. The third kappa shape index (κ3) is 17.0. The van der Waals surface area contributed by atoms with Crippen molar-refractivity contribution in [2.45, 2.75) is 131 Å². The summed E-state index contributed by atoms with van der Waals surface area (Å²) in [6.07, 6.45) is 11.5. The Balaban J connectivity index is 0.000000173. The van der Waals surface area contributed by atoms with Crippen LogP contribution in [0.1, 0.15) is 137 Å². The van der Waals surface area contributed by atoms with E-state index in [0.29, 0.717) is 19.5 Å². The smallest absolute Gasteiger partial charge is 0.222 e. The molecular formula is C67H84N6O2. The average Bonchev–Trinajstić information content (AvgIpc) is 4.14. The standard InChI is InChI=1S/C25H32N2O.C21H26N2.C11H14O.C10H12N2/c1-5-8-24(28)27(18-19-11-13-21(14-12-19)25(2,3)4)16-15-20-17-26-23-10-7-6-9-22(20)23;1-21(2,3)18-10-8-16(9-11-18)14-22-13-12-17-15-23-20-7-5-4-6-19(17)20;1-11(2,3)10-6-4-9(8-12)5-7-10;11-6-5-8-7-12-10-4-2-1-3-9(8)10/h6-7,9-14,17,26H,5,8,15-16,18H2,1-4H3;4-11,15,22-23H,12-14H2,1-3H3;4-8H,1-3H3;1-4,7,12H,5-6,11H2. The zero-order valence-corrected chi connectivity index (χ0v) is 46.6. The zero-order chi connectivity index (χ0) is 54.0. The Kier molecular flexibility index (Phi) is 20.6. The van der Waals surface area contributed by atoms with Gasteiger partial charge in [-0.15, -0.1) is 0 Å². The molecule has 0 saturated heterocycles. The van der Waals surface area contributed by atoms with Gasteiger partial charge in [0.25, 0.3) is 0 Å². The van der Waals surface area contributed by atoms with Crippen LogP contribution in [0.5, 0.6) is 0 Å². The number of nitrogens with two attached hydrogens (primary N) is 1. The number of carbonyl (C=O) groups excluding carboxylic acids is 2. The molecule has 9 aromatic rings. The Labute approximate surface area is 448 Å². The van der Waals surface area contributed by atoms with Crippen LogP contribution in [0.3, 0.4) is 0 Å². The molecule has 3 heterocycles. The van der Waals surface area contributed by atoms with Crippen molar-refractivity contribution in [3.8, 4) is 0 Å². The van der Waals surface area contributed by atoms with Crippen molar-refractivity contribution in [2.75, 3.05) is 19.6 Å². The van der Waals surface area contributed by atoms with Crippen molar-refractivity contribution in [1.82, 2.24) is 25.2 Å². The lowest BCUT2D eigenvalue weighted by atomic mass is 9.87. The number of nitrogens with zero attached hydrogens (tertiary/aromatic N) is 1. The van der Waals surface area contributed by atoms with E-state index in [1.165, 1.54) is 71.7 Å². The lowest BCUT2D eigenvalue weighted by Gasteiger charge is -2.24. The van der Waals surface area contributed by atoms with Gasteiger partial charge < -0.3 is 30.9 Å². The third-order valence-corrected chi connectivity index (χ3v) is 13.7. The van der Waals surface area contributed by atoms with Crippen LogP contribution >= 0.6 is 0 Å². The molecule has 8 nitrogen and oxygen atoms in total. The molecule has 0 unspecified atom stereocenters. The minimum Gasteiger partial charge on any atom is -0.361 e. The SMILES string of the molecule is CC(C)(C)c1ccc(C=O)cc1.CC(C)(C)c1ccc(CNCCc2c[nH]c3ccccc23)cc1.CCCC(=O)N(CCc1c[nH]c2ccccc12)Cc1ccc(C(C)(C)C)cc1.NCCc1c[nH]c2ccccc12. The van der Waals surface area contributed by atoms with Crippen molar-refractivity contribution in [1.29, 1.82) is 0 Å². The van der Waals surface area contributed by atoms with E-state index >= 15 is 0 Å². The quantitative estimate of drug-likeness (QED) is 0.0518. The number of amides is 1. The molecule has 394 valence electrons. The summed E-state index contributed by atoms with van der Waals surface area (Å²) in [6.45, 7) is 26.0. The number of benzene rings is 6. The zero-order valence-electron chi connectivity index (χ0n) is 46.6. The predicted octanol–water partition coefficient (Wildman–Crippen LogP) is 15.1. The van der Waals surface area contributed by atoms with E-state index in [2.05, 4.69) is 211 Å². The maximum atomic E-state index is 12.7. The van der Waals surface area contributed by atoms with Gasteiger partial charge in [-0.2, -0.15) is 0 Å². The van der Waals surface area contributed by atoms with Crippen LogP contribution in [0.4, 0.5) is 0 Å². The number of aromatic nitrogens is 3. The molecule has 0 radical (unpaired) electrons. The molecule has 6 N–H and O–H groups in total. The third-order valence-electron chi connectivity index (χ3n) is 13.7. The van der Waals surface area contributed by atoms with Gasteiger partial charge >= 0.3 is 0 Å². The fraction of sp³-hybridized carbons (Fsp3) is 0.343. The Bertz CT molecular complexity index is 3130. The lowest BCUT2D eigenvalue weighted by molar-refractivity contribution is -0.131. The van der Waals surface area contributed by atoms with Crippen LogP contribution in [0.25, 0.3) is 32.7 Å². The second-order valence-electron chi connectivity index (χ2n) is 22.7. The van der Waals surface area contributed by atoms with Gasteiger partial charge in [0.1, 0.15) is 6.29 Å². The molecular weight excluding hydrogens is 921 g/mol. The number of carbonyl (C=O) groups is 2. The monoisotopic (exact) mass is 1000 g/mol. The maximum Gasteiger partial charge on any atom is 0.222 e. The first-order chi connectivity index (χ1) is 35.9. The minimum atomic E-state index is 0.144. The van der Waals surface area contributed by atoms with Gasteiger partial charge in [0.15, 0.2) is 0 Å². The number of aldehydes is 1. The van der Waals surface area contributed by atoms with Gasteiger partial charge in [0.2, 0.25) is 5.91 Å². The van der Waals surface area contributed by atoms with E-state index in [0.717, 1.165) is 62.7 Å². The van der Waals surface area contributed by atoms with E-state index < -0.39 is 0 Å². The summed E-state index contributed by atoms with van der Waals surface area (Å²) < 4.78 is 0. The second kappa shape index (κ2) is 27.0. The number of rotatable bonds is 15. The topological polar surface area (TPSA) is 123 Å². The maximum absolute atomic E-state index is 12.7. The highest BCUT2D eigenvalue weighted by atomic mass is 16.2. The predicted molar refractivity (Wildman–Crippen MR) is 318 cm³/mol. The molecule has 1 amide bonds. The first kappa shape index (κ1) is 57.3. The van der Waals surface area contributed by atoms with Gasteiger partial charge in [-0.25, -0.2) is 0 Å². The summed E-state index contributed by atoms with van der Waals surface area (Å²) in [4.78, 5) is 35.0. The fourth-order valence-electron chi connectivity index (χ4n) is 9.06. The largest absolute Gasteiger partial charge is 0.361 e. The Morgan fingerprint density at radius 2 is 0.933 bits per heavy atom. The number of fused-ring (bicyclic) bond motifs is 3. The fourth-order valence-corrected chi connectivity index (χ4v) is 9.06. The van der Waals surface area contributed by atoms with Gasteiger partial charge in [-0.3, -0.25) is 9.59 Å². The highest BCUT2D eigenvalue weighted by Crippen LogP contribution is 2.26. The summed E-state index contributed by atoms with van der Waals surface area (Å²) >= 11 is 0. The molecule has 3 aromatic heterocycles. The van der Waals surface area contributed by atoms with Crippen molar-refractivity contribution >= 4 is 44.9 Å². The number of hydrogen-bond donors (Lipinski definition) is 5. The summed E-state index contributed by atoms with van der Waals surface area (Å²) in [5.74, 6) is 0.238. The van der Waals surface area contributed by atoms with Gasteiger partial charge in [0.05, 0.1) is 0 Å². The van der Waals surface area contributed by atoms with Crippen LogP contribution in [0.2, 0.25) is 0 Å². The minimum absolute atomic E-state index is 0.144. The van der Waals surface area contributed by atoms with E-state index in [-0.39, 0.29) is 22.2 Å². The van der Waals surface area contributed by atoms with Gasteiger partial charge in [0, 0.05) is 82.9 Å². The van der Waals surface area contributed by atoms with Crippen LogP contribution in [0, 0.1) is 0 Å².